The van der Waals surface area contributed by atoms with Crippen LogP contribution in [0.3, 0.4) is 0 Å². The van der Waals surface area contributed by atoms with Crippen LogP contribution in [0.4, 0.5) is 5.82 Å². The van der Waals surface area contributed by atoms with Gasteiger partial charge in [0.05, 0.1) is 0 Å². The number of thioether (sulfide) groups is 2. The Balaban J connectivity index is 2.06. The van der Waals surface area contributed by atoms with Gasteiger partial charge in [0.1, 0.15) is 28.2 Å². The zero-order valence-electron chi connectivity index (χ0n) is 14.4. The summed E-state index contributed by atoms with van der Waals surface area (Å²) in [5, 5.41) is 14.8. The lowest BCUT2D eigenvalue weighted by molar-refractivity contribution is 0.454. The van der Waals surface area contributed by atoms with E-state index >= 15 is 0 Å². The highest BCUT2D eigenvalue weighted by Crippen LogP contribution is 2.29. The molecule has 2 aromatic heterocycles. The van der Waals surface area contributed by atoms with Crippen LogP contribution < -0.4 is 10.5 Å². The van der Waals surface area contributed by atoms with Gasteiger partial charge in [-0.25, -0.2) is 4.98 Å². The number of nitrogen functional groups attached to an aromatic ring is 1. The number of nitrogens with zero attached hydrogens (tertiary/aromatic N) is 5. The summed E-state index contributed by atoms with van der Waals surface area (Å²) in [4.78, 5) is 8.82. The Morgan fingerprint density at radius 2 is 2.00 bits per heavy atom. The van der Waals surface area contributed by atoms with Crippen LogP contribution in [0.5, 0.6) is 11.6 Å². The van der Waals surface area contributed by atoms with E-state index in [4.69, 9.17) is 10.5 Å². The lowest BCUT2D eigenvalue weighted by atomic mass is 10.2. The van der Waals surface area contributed by atoms with Crippen molar-refractivity contribution >= 4 is 29.3 Å². The molecule has 7 nitrogen and oxygen atoms in total. The summed E-state index contributed by atoms with van der Waals surface area (Å²) in [6.07, 6.45) is 3.71. The van der Waals surface area contributed by atoms with Crippen LogP contribution in [0.25, 0.3) is 5.82 Å². The number of nitriles is 1. The van der Waals surface area contributed by atoms with Crippen LogP contribution in [0.1, 0.15) is 11.1 Å². The lowest BCUT2D eigenvalue weighted by Gasteiger charge is -2.09. The van der Waals surface area contributed by atoms with Crippen LogP contribution >= 0.6 is 23.5 Å². The monoisotopic (exact) mass is 384 g/mol. The van der Waals surface area contributed by atoms with Gasteiger partial charge in [0.25, 0.3) is 0 Å². The summed E-state index contributed by atoms with van der Waals surface area (Å²) in [7, 11) is 0. The topological polar surface area (TPSA) is 103 Å². The molecule has 0 aliphatic heterocycles. The maximum absolute atomic E-state index is 9.31. The highest BCUT2D eigenvalue weighted by atomic mass is 32.2. The lowest BCUT2D eigenvalue weighted by Crippen LogP contribution is -2.06. The molecule has 0 fully saturated rings. The molecule has 2 heterocycles. The first-order valence-electron chi connectivity index (χ1n) is 7.56. The molecule has 0 spiro atoms. The van der Waals surface area contributed by atoms with Crippen molar-refractivity contribution in [2.75, 3.05) is 18.2 Å². The molecular weight excluding hydrogens is 368 g/mol. The van der Waals surface area contributed by atoms with Crippen molar-refractivity contribution in [2.24, 2.45) is 0 Å². The Labute approximate surface area is 159 Å². The highest BCUT2D eigenvalue weighted by molar-refractivity contribution is 7.98. The quantitative estimate of drug-likeness (QED) is 0.525. The van der Waals surface area contributed by atoms with Crippen molar-refractivity contribution in [3.63, 3.8) is 0 Å². The minimum absolute atomic E-state index is 0.240. The van der Waals surface area contributed by atoms with Gasteiger partial charge >= 0.3 is 0 Å². The van der Waals surface area contributed by atoms with E-state index in [2.05, 4.69) is 21.1 Å². The fourth-order valence-corrected chi connectivity index (χ4v) is 3.16. The second-order valence-electron chi connectivity index (χ2n) is 5.26. The van der Waals surface area contributed by atoms with Gasteiger partial charge < -0.3 is 10.5 Å². The average Bonchev–Trinajstić information content (AvgIpc) is 2.97. The van der Waals surface area contributed by atoms with Gasteiger partial charge in [-0.2, -0.15) is 20.0 Å². The van der Waals surface area contributed by atoms with Crippen molar-refractivity contribution in [1.29, 1.82) is 5.26 Å². The molecule has 0 saturated carbocycles. The molecule has 132 valence electrons. The largest absolute Gasteiger partial charge is 0.439 e. The first kappa shape index (κ1) is 18.1. The number of aryl methyl sites for hydroxylation is 1. The van der Waals surface area contributed by atoms with Gasteiger partial charge in [0, 0.05) is 6.07 Å². The van der Waals surface area contributed by atoms with Gasteiger partial charge in [-0.3, -0.25) is 0 Å². The molecule has 2 N–H and O–H groups in total. The van der Waals surface area contributed by atoms with Crippen molar-refractivity contribution < 1.29 is 4.74 Å². The summed E-state index contributed by atoms with van der Waals surface area (Å²) in [5.41, 5.74) is 7.51. The van der Waals surface area contributed by atoms with Crippen molar-refractivity contribution in [3.05, 3.63) is 41.5 Å². The smallest absolute Gasteiger partial charge is 0.225 e. The zero-order chi connectivity index (χ0) is 18.7. The minimum Gasteiger partial charge on any atom is -0.439 e. The molecule has 9 heteroatoms. The van der Waals surface area contributed by atoms with E-state index in [1.807, 2.05) is 43.7 Å². The van der Waals surface area contributed by atoms with E-state index in [1.165, 1.54) is 28.2 Å². The predicted molar refractivity (Wildman–Crippen MR) is 103 cm³/mol. The van der Waals surface area contributed by atoms with Gasteiger partial charge in [-0.15, -0.1) is 11.8 Å². The molecule has 0 aliphatic rings. The molecule has 0 bridgehead atoms. The van der Waals surface area contributed by atoms with Crippen molar-refractivity contribution in [3.8, 4) is 23.5 Å². The Hall–Kier alpha value is -2.70. The van der Waals surface area contributed by atoms with Gasteiger partial charge in [0.2, 0.25) is 5.88 Å². The molecule has 1 aromatic carbocycles. The fourth-order valence-electron chi connectivity index (χ4n) is 2.28. The number of ether oxygens (including phenoxy) is 1. The van der Waals surface area contributed by atoms with E-state index in [1.54, 1.807) is 6.07 Å². The summed E-state index contributed by atoms with van der Waals surface area (Å²) >= 11 is 2.73. The summed E-state index contributed by atoms with van der Waals surface area (Å²) < 4.78 is 7.32. The molecule has 3 rings (SSSR count). The van der Waals surface area contributed by atoms with Crippen molar-refractivity contribution in [2.45, 2.75) is 17.1 Å². The van der Waals surface area contributed by atoms with Gasteiger partial charge in [-0.05, 0) is 37.1 Å². The Morgan fingerprint density at radius 1 is 1.19 bits per heavy atom. The number of aromatic nitrogens is 4. The Kier molecular flexibility index (Phi) is 5.35. The first-order chi connectivity index (χ1) is 12.5. The summed E-state index contributed by atoms with van der Waals surface area (Å²) in [6, 6.07) is 11.4. The highest BCUT2D eigenvalue weighted by Gasteiger charge is 2.18. The van der Waals surface area contributed by atoms with E-state index in [9.17, 15) is 5.26 Å². The Morgan fingerprint density at radius 3 is 2.62 bits per heavy atom. The Bertz CT molecular complexity index is 995. The number of nitrogens with two attached hydrogens (primary N) is 1. The first-order valence-corrected chi connectivity index (χ1v) is 10.0. The molecule has 3 aromatic rings. The SMILES string of the molecule is CSc1nc(Oc2cccc(C)c2)cc(-n2nc(SC)c(C#N)c2N)n1. The molecular formula is C17H16N6OS2. The maximum atomic E-state index is 9.31. The second kappa shape index (κ2) is 7.68. The number of hydrogen-bond acceptors (Lipinski definition) is 8. The molecule has 0 unspecified atom stereocenters. The fraction of sp³-hybridized carbons (Fsp3) is 0.176. The maximum Gasteiger partial charge on any atom is 0.225 e. The van der Waals surface area contributed by atoms with E-state index in [0.717, 1.165) is 5.56 Å². The number of benzene rings is 1. The van der Waals surface area contributed by atoms with Crippen LogP contribution in [0, 0.1) is 18.3 Å². The number of rotatable bonds is 5. The molecule has 0 amide bonds. The van der Waals surface area contributed by atoms with E-state index in [0.29, 0.717) is 33.2 Å². The normalized spacial score (nSPS) is 10.5. The second-order valence-corrected chi connectivity index (χ2v) is 6.83. The zero-order valence-corrected chi connectivity index (χ0v) is 16.1. The third-order valence-corrected chi connectivity index (χ3v) is 4.69. The number of hydrogen-bond donors (Lipinski definition) is 1. The summed E-state index contributed by atoms with van der Waals surface area (Å²) in [6.45, 7) is 1.99. The summed E-state index contributed by atoms with van der Waals surface area (Å²) in [5.74, 6) is 1.74. The predicted octanol–water partition coefficient (Wildman–Crippen LogP) is 3.66. The molecule has 0 atom stereocenters. The molecule has 0 aliphatic carbocycles. The third-order valence-electron chi connectivity index (χ3n) is 3.47. The molecule has 0 radical (unpaired) electrons. The van der Waals surface area contributed by atoms with Gasteiger partial charge in [-0.1, -0.05) is 23.9 Å². The van der Waals surface area contributed by atoms with E-state index < -0.39 is 0 Å². The van der Waals surface area contributed by atoms with Crippen molar-refractivity contribution in [1.82, 2.24) is 19.7 Å². The molecule has 0 saturated heterocycles. The number of anilines is 1. The molecule has 26 heavy (non-hydrogen) atoms. The average molecular weight is 384 g/mol. The van der Waals surface area contributed by atoms with Crippen LogP contribution in [-0.2, 0) is 0 Å². The third kappa shape index (κ3) is 3.61. The van der Waals surface area contributed by atoms with E-state index in [-0.39, 0.29) is 5.82 Å². The van der Waals surface area contributed by atoms with Crippen LogP contribution in [0.2, 0.25) is 0 Å². The standard InChI is InChI=1S/C17H16N6OS2/c1-10-5-4-6-11(7-10)24-14-8-13(20-17(21-14)26-3)23-15(19)12(9-18)16(22-23)25-2/h4-8H,19H2,1-3H3. The van der Waals surface area contributed by atoms with Gasteiger partial charge in [0.15, 0.2) is 11.0 Å². The van der Waals surface area contributed by atoms with Crippen LogP contribution in [-0.4, -0.2) is 32.3 Å². The van der Waals surface area contributed by atoms with Crippen LogP contribution in [0.15, 0.2) is 40.5 Å². The minimum atomic E-state index is 0.240.